The number of fused-ring (bicyclic) bond motifs is 1. The van der Waals surface area contributed by atoms with Gasteiger partial charge < -0.3 is 14.8 Å². The first-order chi connectivity index (χ1) is 16.6. The van der Waals surface area contributed by atoms with Gasteiger partial charge in [-0.25, -0.2) is 4.79 Å². The van der Waals surface area contributed by atoms with Crippen molar-refractivity contribution in [1.29, 1.82) is 0 Å². The Bertz CT molecular complexity index is 1170. The number of hydrogen-bond donors (Lipinski definition) is 1. The number of benzene rings is 1. The van der Waals surface area contributed by atoms with Gasteiger partial charge in [0.2, 0.25) is 5.91 Å². The molecule has 178 valence electrons. The smallest absolute Gasteiger partial charge is 0.341 e. The SMILES string of the molecule is C=CCn1c(COc2ccccc2)nnc1SCC(=O)Nc1sc2c(c1C(=O)OC)CCCC2. The van der Waals surface area contributed by atoms with Crippen LogP contribution in [-0.4, -0.2) is 39.5 Å². The predicted molar refractivity (Wildman–Crippen MR) is 133 cm³/mol. The molecule has 0 radical (unpaired) electrons. The zero-order valence-electron chi connectivity index (χ0n) is 18.9. The highest BCUT2D eigenvalue weighted by molar-refractivity contribution is 7.99. The van der Waals surface area contributed by atoms with E-state index in [-0.39, 0.29) is 18.3 Å². The Morgan fingerprint density at radius 2 is 2.03 bits per heavy atom. The summed E-state index contributed by atoms with van der Waals surface area (Å²) in [5.74, 6) is 0.882. The van der Waals surface area contributed by atoms with Crippen molar-refractivity contribution in [2.75, 3.05) is 18.2 Å². The number of methoxy groups -OCH3 is 1. The molecule has 0 unspecified atom stereocenters. The van der Waals surface area contributed by atoms with Gasteiger partial charge in [-0.3, -0.25) is 9.36 Å². The maximum absolute atomic E-state index is 12.8. The van der Waals surface area contributed by atoms with E-state index < -0.39 is 5.97 Å². The third-order valence-corrected chi connectivity index (χ3v) is 7.54. The molecule has 1 amide bonds. The van der Waals surface area contributed by atoms with Gasteiger partial charge in [0.1, 0.15) is 17.4 Å². The van der Waals surface area contributed by atoms with E-state index in [2.05, 4.69) is 22.1 Å². The van der Waals surface area contributed by atoms with E-state index in [4.69, 9.17) is 9.47 Å². The lowest BCUT2D eigenvalue weighted by atomic mass is 9.95. The molecule has 0 aliphatic heterocycles. The molecule has 0 saturated carbocycles. The minimum Gasteiger partial charge on any atom is -0.486 e. The highest BCUT2D eigenvalue weighted by Crippen LogP contribution is 2.38. The van der Waals surface area contributed by atoms with E-state index in [1.165, 1.54) is 30.2 Å². The number of thiophene rings is 1. The summed E-state index contributed by atoms with van der Waals surface area (Å²) < 4.78 is 12.6. The molecule has 0 saturated heterocycles. The van der Waals surface area contributed by atoms with Crippen molar-refractivity contribution in [2.45, 2.75) is 44.0 Å². The summed E-state index contributed by atoms with van der Waals surface area (Å²) in [6.07, 6.45) is 5.63. The number of para-hydroxylation sites is 1. The fourth-order valence-corrected chi connectivity index (χ4v) is 5.83. The standard InChI is InChI=1S/C24H26N4O4S2/c1-3-13-28-19(14-32-16-9-5-4-6-10-16)26-27-24(28)33-15-20(29)25-22-21(23(30)31-2)17-11-7-8-12-18(17)34-22/h3-6,9-10H,1,7-8,11-15H2,2H3,(H,25,29). The monoisotopic (exact) mass is 498 g/mol. The largest absolute Gasteiger partial charge is 0.486 e. The first-order valence-corrected chi connectivity index (χ1v) is 12.8. The van der Waals surface area contributed by atoms with Gasteiger partial charge in [0.15, 0.2) is 11.0 Å². The van der Waals surface area contributed by atoms with Gasteiger partial charge >= 0.3 is 5.97 Å². The second kappa shape index (κ2) is 11.3. The van der Waals surface area contributed by atoms with E-state index in [0.717, 1.165) is 41.9 Å². The Morgan fingerprint density at radius 3 is 2.79 bits per heavy atom. The molecular weight excluding hydrogens is 472 g/mol. The minimum absolute atomic E-state index is 0.123. The molecule has 1 aliphatic rings. The summed E-state index contributed by atoms with van der Waals surface area (Å²) >= 11 is 2.74. The molecule has 0 atom stereocenters. The first kappa shape index (κ1) is 24.0. The van der Waals surface area contributed by atoms with Gasteiger partial charge in [-0.1, -0.05) is 36.0 Å². The van der Waals surface area contributed by atoms with Gasteiger partial charge in [-0.05, 0) is 43.4 Å². The van der Waals surface area contributed by atoms with E-state index in [1.807, 2.05) is 34.9 Å². The number of allylic oxidation sites excluding steroid dienone is 1. The number of carbonyl (C=O) groups is 2. The number of esters is 1. The van der Waals surface area contributed by atoms with Gasteiger partial charge in [0.25, 0.3) is 0 Å². The molecule has 0 bridgehead atoms. The van der Waals surface area contributed by atoms with Crippen molar-refractivity contribution >= 4 is 40.0 Å². The number of hydrogen-bond acceptors (Lipinski definition) is 8. The number of anilines is 1. The highest BCUT2D eigenvalue weighted by Gasteiger charge is 2.27. The summed E-state index contributed by atoms with van der Waals surface area (Å²) in [5, 5.41) is 12.5. The molecule has 3 aromatic rings. The molecule has 1 N–H and O–H groups in total. The molecule has 2 heterocycles. The molecule has 1 aliphatic carbocycles. The maximum Gasteiger partial charge on any atom is 0.341 e. The predicted octanol–water partition coefficient (Wildman–Crippen LogP) is 4.50. The summed E-state index contributed by atoms with van der Waals surface area (Å²) in [6.45, 7) is 4.55. The lowest BCUT2D eigenvalue weighted by molar-refractivity contribution is -0.113. The molecule has 0 fully saturated rings. The minimum atomic E-state index is -0.406. The highest BCUT2D eigenvalue weighted by atomic mass is 32.2. The van der Waals surface area contributed by atoms with Crippen LogP contribution in [-0.2, 0) is 35.5 Å². The molecule has 34 heavy (non-hydrogen) atoms. The number of amides is 1. The lowest BCUT2D eigenvalue weighted by Gasteiger charge is -2.11. The number of nitrogens with one attached hydrogen (secondary N) is 1. The number of nitrogens with zero attached hydrogens (tertiary/aromatic N) is 3. The van der Waals surface area contributed by atoms with E-state index in [9.17, 15) is 9.59 Å². The second-order valence-electron chi connectivity index (χ2n) is 7.64. The Labute approximate surface area is 206 Å². The van der Waals surface area contributed by atoms with Crippen LogP contribution in [0.2, 0.25) is 0 Å². The summed E-state index contributed by atoms with van der Waals surface area (Å²) in [7, 11) is 1.36. The van der Waals surface area contributed by atoms with Crippen molar-refractivity contribution in [3.05, 3.63) is 64.8 Å². The van der Waals surface area contributed by atoms with Crippen molar-refractivity contribution in [3.63, 3.8) is 0 Å². The van der Waals surface area contributed by atoms with Crippen molar-refractivity contribution < 1.29 is 19.1 Å². The fraction of sp³-hybridized carbons (Fsp3) is 0.333. The fourth-order valence-electron chi connectivity index (χ4n) is 3.77. The third kappa shape index (κ3) is 5.51. The van der Waals surface area contributed by atoms with Crippen molar-refractivity contribution in [1.82, 2.24) is 14.8 Å². The Kier molecular flexibility index (Phi) is 8.02. The van der Waals surface area contributed by atoms with Crippen LogP contribution in [0.15, 0.2) is 48.1 Å². The normalized spacial score (nSPS) is 12.6. The number of carbonyl (C=O) groups excluding carboxylic acids is 2. The van der Waals surface area contributed by atoms with E-state index >= 15 is 0 Å². The number of aromatic nitrogens is 3. The average Bonchev–Trinajstić information content (AvgIpc) is 3.42. The van der Waals surface area contributed by atoms with E-state index in [0.29, 0.717) is 28.1 Å². The number of thioether (sulfide) groups is 1. The number of rotatable bonds is 10. The zero-order chi connectivity index (χ0) is 23.9. The lowest BCUT2D eigenvalue weighted by Crippen LogP contribution is -2.17. The van der Waals surface area contributed by atoms with Crippen LogP contribution in [0.25, 0.3) is 0 Å². The molecule has 0 spiro atoms. The molecule has 10 heteroatoms. The summed E-state index contributed by atoms with van der Waals surface area (Å²) in [5.41, 5.74) is 1.51. The topological polar surface area (TPSA) is 95.3 Å². The number of ether oxygens (including phenoxy) is 2. The van der Waals surface area contributed by atoms with Gasteiger partial charge in [0, 0.05) is 11.4 Å². The van der Waals surface area contributed by atoms with Crippen LogP contribution in [0.3, 0.4) is 0 Å². The van der Waals surface area contributed by atoms with Crippen LogP contribution >= 0.6 is 23.1 Å². The van der Waals surface area contributed by atoms with E-state index in [1.54, 1.807) is 6.08 Å². The number of aryl methyl sites for hydroxylation is 1. The Morgan fingerprint density at radius 1 is 1.24 bits per heavy atom. The van der Waals surface area contributed by atoms with Crippen LogP contribution in [0.1, 0.15) is 39.5 Å². The van der Waals surface area contributed by atoms with Crippen LogP contribution < -0.4 is 10.1 Å². The maximum atomic E-state index is 12.8. The molecule has 1 aromatic carbocycles. The Hall–Kier alpha value is -3.11. The van der Waals surface area contributed by atoms with Gasteiger partial charge in [-0.2, -0.15) is 0 Å². The van der Waals surface area contributed by atoms with Crippen LogP contribution in [0, 0.1) is 0 Å². The quantitative estimate of drug-likeness (QED) is 0.250. The van der Waals surface area contributed by atoms with Crippen LogP contribution in [0.4, 0.5) is 5.00 Å². The summed E-state index contributed by atoms with van der Waals surface area (Å²) in [6, 6.07) is 9.48. The zero-order valence-corrected chi connectivity index (χ0v) is 20.5. The third-order valence-electron chi connectivity index (χ3n) is 5.36. The molecule has 8 nitrogen and oxygen atoms in total. The van der Waals surface area contributed by atoms with Crippen molar-refractivity contribution in [3.8, 4) is 5.75 Å². The van der Waals surface area contributed by atoms with Gasteiger partial charge in [0.05, 0.1) is 18.4 Å². The van der Waals surface area contributed by atoms with Crippen molar-refractivity contribution in [2.24, 2.45) is 0 Å². The average molecular weight is 499 g/mol. The molecule has 2 aromatic heterocycles. The molecular formula is C24H26N4O4S2. The van der Waals surface area contributed by atoms with Crippen LogP contribution in [0.5, 0.6) is 5.75 Å². The Balaban J connectivity index is 1.42. The summed E-state index contributed by atoms with van der Waals surface area (Å²) in [4.78, 5) is 26.3. The second-order valence-corrected chi connectivity index (χ2v) is 9.69. The first-order valence-electron chi connectivity index (χ1n) is 11.0. The van der Waals surface area contributed by atoms with Gasteiger partial charge in [-0.15, -0.1) is 28.1 Å². The molecule has 4 rings (SSSR count).